The predicted octanol–water partition coefficient (Wildman–Crippen LogP) is 2.80. The lowest BCUT2D eigenvalue weighted by Crippen LogP contribution is -2.44. The molecule has 0 aromatic carbocycles. The molecule has 2 saturated heterocycles. The summed E-state index contributed by atoms with van der Waals surface area (Å²) in [6.45, 7) is 5.13. The normalized spacial score (nSPS) is 19.4. The Bertz CT molecular complexity index is 945. The second-order valence-electron chi connectivity index (χ2n) is 8.38. The van der Waals surface area contributed by atoms with Gasteiger partial charge < -0.3 is 20.2 Å². The van der Waals surface area contributed by atoms with Crippen LogP contribution in [0.3, 0.4) is 0 Å². The Morgan fingerprint density at radius 3 is 2.94 bits per heavy atom. The summed E-state index contributed by atoms with van der Waals surface area (Å²) in [5.74, 6) is 1.03. The highest BCUT2D eigenvalue weighted by Crippen LogP contribution is 2.35. The third-order valence-corrected chi connectivity index (χ3v) is 7.53. The Hall–Kier alpha value is -2.26. The highest BCUT2D eigenvalue weighted by Gasteiger charge is 2.30. The molecule has 0 unspecified atom stereocenters. The monoisotopic (exact) mass is 445 g/mol. The Labute approximate surface area is 186 Å². The molecule has 2 N–H and O–H groups in total. The summed E-state index contributed by atoms with van der Waals surface area (Å²) in [6.07, 6.45) is 7.69. The number of anilines is 1. The molecule has 4 rings (SSSR count). The SMILES string of the molecule is Cc1c(C(=O)N2CCCC[C@H]2CCO)sc2ncnc(NCCCN3CCCC3=O)c12. The van der Waals surface area contributed by atoms with Gasteiger partial charge in [0.05, 0.1) is 10.3 Å². The van der Waals surface area contributed by atoms with Crippen LogP contribution in [0.5, 0.6) is 0 Å². The molecule has 0 spiro atoms. The van der Waals surface area contributed by atoms with Crippen molar-refractivity contribution in [3.05, 3.63) is 16.8 Å². The molecule has 2 aromatic rings. The van der Waals surface area contributed by atoms with Crippen LogP contribution in [0.1, 0.15) is 60.2 Å². The van der Waals surface area contributed by atoms with Gasteiger partial charge >= 0.3 is 0 Å². The van der Waals surface area contributed by atoms with Crippen LogP contribution >= 0.6 is 11.3 Å². The van der Waals surface area contributed by atoms with Crippen molar-refractivity contribution in [3.8, 4) is 0 Å². The van der Waals surface area contributed by atoms with Crippen molar-refractivity contribution in [3.63, 3.8) is 0 Å². The molecule has 168 valence electrons. The largest absolute Gasteiger partial charge is 0.396 e. The molecular weight excluding hydrogens is 414 g/mol. The summed E-state index contributed by atoms with van der Waals surface area (Å²) in [7, 11) is 0. The number of rotatable bonds is 8. The van der Waals surface area contributed by atoms with Crippen LogP contribution in [0.15, 0.2) is 6.33 Å². The van der Waals surface area contributed by atoms with Gasteiger partial charge in [-0.1, -0.05) is 0 Å². The fraction of sp³-hybridized carbons (Fsp3) is 0.636. The van der Waals surface area contributed by atoms with Crippen LogP contribution in [0.4, 0.5) is 5.82 Å². The lowest BCUT2D eigenvalue weighted by molar-refractivity contribution is -0.127. The summed E-state index contributed by atoms with van der Waals surface area (Å²) in [5, 5.41) is 13.7. The van der Waals surface area contributed by atoms with Gasteiger partial charge in [-0.25, -0.2) is 9.97 Å². The molecule has 1 atom stereocenters. The van der Waals surface area contributed by atoms with Gasteiger partial charge in [-0.2, -0.15) is 0 Å². The zero-order valence-electron chi connectivity index (χ0n) is 18.1. The van der Waals surface area contributed by atoms with Gasteiger partial charge in [0.15, 0.2) is 0 Å². The number of nitrogens with one attached hydrogen (secondary N) is 1. The van der Waals surface area contributed by atoms with E-state index >= 15 is 0 Å². The molecule has 2 amide bonds. The van der Waals surface area contributed by atoms with E-state index in [1.807, 2.05) is 16.7 Å². The molecule has 2 aromatic heterocycles. The lowest BCUT2D eigenvalue weighted by atomic mass is 9.99. The number of thiophene rings is 1. The van der Waals surface area contributed by atoms with Gasteiger partial charge in [-0.3, -0.25) is 9.59 Å². The molecule has 2 fully saturated rings. The van der Waals surface area contributed by atoms with Crippen molar-refractivity contribution < 1.29 is 14.7 Å². The van der Waals surface area contributed by atoms with Gasteiger partial charge in [0.1, 0.15) is 17.0 Å². The van der Waals surface area contributed by atoms with Crippen molar-refractivity contribution in [1.29, 1.82) is 0 Å². The fourth-order valence-corrected chi connectivity index (χ4v) is 5.78. The Morgan fingerprint density at radius 1 is 1.29 bits per heavy atom. The molecule has 31 heavy (non-hydrogen) atoms. The molecule has 0 bridgehead atoms. The van der Waals surface area contributed by atoms with E-state index < -0.39 is 0 Å². The van der Waals surface area contributed by atoms with E-state index in [0.717, 1.165) is 73.3 Å². The van der Waals surface area contributed by atoms with Gasteiger partial charge in [0, 0.05) is 45.2 Å². The number of aliphatic hydroxyl groups excluding tert-OH is 1. The van der Waals surface area contributed by atoms with E-state index in [4.69, 9.17) is 0 Å². The van der Waals surface area contributed by atoms with E-state index in [1.165, 1.54) is 17.7 Å². The van der Waals surface area contributed by atoms with Crippen LogP contribution < -0.4 is 5.32 Å². The zero-order valence-corrected chi connectivity index (χ0v) is 18.9. The number of aryl methyl sites for hydroxylation is 1. The first-order chi connectivity index (χ1) is 15.1. The number of fused-ring (bicyclic) bond motifs is 1. The second kappa shape index (κ2) is 9.91. The van der Waals surface area contributed by atoms with E-state index in [2.05, 4.69) is 15.3 Å². The maximum atomic E-state index is 13.4. The number of likely N-dealkylation sites (tertiary alicyclic amines) is 2. The van der Waals surface area contributed by atoms with Gasteiger partial charge in [-0.15, -0.1) is 11.3 Å². The van der Waals surface area contributed by atoms with Crippen molar-refractivity contribution >= 4 is 39.2 Å². The minimum Gasteiger partial charge on any atom is -0.396 e. The van der Waals surface area contributed by atoms with Crippen LogP contribution in [0.2, 0.25) is 0 Å². The summed E-state index contributed by atoms with van der Waals surface area (Å²) in [6, 6.07) is 0.104. The fourth-order valence-electron chi connectivity index (χ4n) is 4.67. The van der Waals surface area contributed by atoms with Crippen LogP contribution in [0, 0.1) is 6.92 Å². The van der Waals surface area contributed by atoms with Crippen LogP contribution in [-0.4, -0.2) is 75.5 Å². The summed E-state index contributed by atoms with van der Waals surface area (Å²) < 4.78 is 0. The molecule has 2 aliphatic rings. The molecule has 9 heteroatoms. The molecule has 8 nitrogen and oxygen atoms in total. The maximum absolute atomic E-state index is 13.4. The van der Waals surface area contributed by atoms with Crippen molar-refractivity contribution in [1.82, 2.24) is 19.8 Å². The minimum atomic E-state index is 0.0390. The highest BCUT2D eigenvalue weighted by molar-refractivity contribution is 7.20. The van der Waals surface area contributed by atoms with Crippen molar-refractivity contribution in [2.45, 2.75) is 57.9 Å². The van der Waals surface area contributed by atoms with Gasteiger partial charge in [0.2, 0.25) is 5.91 Å². The highest BCUT2D eigenvalue weighted by atomic mass is 32.1. The number of nitrogens with zero attached hydrogens (tertiary/aromatic N) is 4. The number of hydrogen-bond acceptors (Lipinski definition) is 7. The average molecular weight is 446 g/mol. The quantitative estimate of drug-likeness (QED) is 0.606. The molecule has 0 radical (unpaired) electrons. The van der Waals surface area contributed by atoms with E-state index in [0.29, 0.717) is 24.3 Å². The average Bonchev–Trinajstić information content (AvgIpc) is 3.34. The third-order valence-electron chi connectivity index (χ3n) is 6.34. The van der Waals surface area contributed by atoms with Crippen molar-refractivity contribution in [2.75, 3.05) is 38.1 Å². The number of aliphatic hydroxyl groups is 1. The molecule has 0 aliphatic carbocycles. The number of aromatic nitrogens is 2. The van der Waals surface area contributed by atoms with Crippen molar-refractivity contribution in [2.24, 2.45) is 0 Å². The maximum Gasteiger partial charge on any atom is 0.264 e. The van der Waals surface area contributed by atoms with Gasteiger partial charge in [-0.05, 0) is 51.0 Å². The zero-order chi connectivity index (χ0) is 21.8. The van der Waals surface area contributed by atoms with Gasteiger partial charge in [0.25, 0.3) is 5.91 Å². The Balaban J connectivity index is 1.48. The second-order valence-corrected chi connectivity index (χ2v) is 9.38. The summed E-state index contributed by atoms with van der Waals surface area (Å²) >= 11 is 1.42. The molecule has 2 aliphatic heterocycles. The Kier molecular flexibility index (Phi) is 7.02. The summed E-state index contributed by atoms with van der Waals surface area (Å²) in [4.78, 5) is 39.3. The van der Waals surface area contributed by atoms with Crippen LogP contribution in [0.25, 0.3) is 10.2 Å². The van der Waals surface area contributed by atoms with E-state index in [-0.39, 0.29) is 24.5 Å². The topological polar surface area (TPSA) is 98.7 Å². The molecule has 4 heterocycles. The Morgan fingerprint density at radius 2 is 2.16 bits per heavy atom. The van der Waals surface area contributed by atoms with Crippen LogP contribution in [-0.2, 0) is 4.79 Å². The number of carbonyl (C=O) groups is 2. The first-order valence-corrected chi connectivity index (χ1v) is 12.1. The molecular formula is C22H31N5O3S. The number of amides is 2. The number of carbonyl (C=O) groups excluding carboxylic acids is 2. The minimum absolute atomic E-state index is 0.0390. The number of hydrogen-bond donors (Lipinski definition) is 2. The van der Waals surface area contributed by atoms with E-state index in [9.17, 15) is 14.7 Å². The lowest BCUT2D eigenvalue weighted by Gasteiger charge is -2.35. The molecule has 0 saturated carbocycles. The first kappa shape index (κ1) is 22.0. The predicted molar refractivity (Wildman–Crippen MR) is 121 cm³/mol. The summed E-state index contributed by atoms with van der Waals surface area (Å²) in [5.41, 5.74) is 0.913. The standard InChI is InChI=1S/C22H31N5O3S/c1-15-18-20(23-9-5-11-26-10-4-7-17(26)29)24-14-25-21(18)31-19(15)22(30)27-12-3-2-6-16(27)8-13-28/h14,16,28H,2-13H2,1H3,(H,23,24,25)/t16-/m0/s1. The first-order valence-electron chi connectivity index (χ1n) is 11.3. The third kappa shape index (κ3) is 4.67. The smallest absolute Gasteiger partial charge is 0.264 e. The number of piperidine rings is 1. The van der Waals surface area contributed by atoms with E-state index in [1.54, 1.807) is 0 Å².